The van der Waals surface area contributed by atoms with Gasteiger partial charge >= 0.3 is 0 Å². The molecule has 0 radical (unpaired) electrons. The largest absolute Gasteiger partial charge is 0.389 e. The maximum atomic E-state index is 10.4. The summed E-state index contributed by atoms with van der Waals surface area (Å²) < 4.78 is 0. The van der Waals surface area contributed by atoms with Gasteiger partial charge in [-0.25, -0.2) is 15.0 Å². The summed E-state index contributed by atoms with van der Waals surface area (Å²) in [5, 5.41) is 11.4. The van der Waals surface area contributed by atoms with Gasteiger partial charge in [-0.3, -0.25) is 4.98 Å². The van der Waals surface area contributed by atoms with Crippen LogP contribution < -0.4 is 9.80 Å². The standard InChI is InChI=1S/C15H17N7O/c23-11-8-21(13-7-16-3-4-17-13)5-6-22(9-11)15-12-1-2-18-14(12)19-10-20-15/h1-4,7,10-11,23H,5-6,8-9H2,(H,18,19,20)/t11-/m0/s1. The fraction of sp³-hybridized carbons (Fsp3) is 0.333. The quantitative estimate of drug-likeness (QED) is 0.709. The first-order chi connectivity index (χ1) is 11.3. The molecular formula is C15H17N7O. The summed E-state index contributed by atoms with van der Waals surface area (Å²) in [5.74, 6) is 1.62. The molecule has 8 nitrogen and oxygen atoms in total. The van der Waals surface area contributed by atoms with Crippen molar-refractivity contribution in [1.29, 1.82) is 0 Å². The highest BCUT2D eigenvalue weighted by Gasteiger charge is 2.24. The summed E-state index contributed by atoms with van der Waals surface area (Å²) in [4.78, 5) is 24.3. The number of aliphatic hydroxyl groups is 1. The molecular weight excluding hydrogens is 294 g/mol. The molecule has 0 unspecified atom stereocenters. The van der Waals surface area contributed by atoms with Crippen molar-refractivity contribution in [2.24, 2.45) is 0 Å². The number of β-amino-alcohol motifs (C(OH)–C–C–N with tert-alkyl or cyclic N) is 1. The molecule has 1 atom stereocenters. The zero-order valence-corrected chi connectivity index (χ0v) is 12.5. The van der Waals surface area contributed by atoms with Gasteiger partial charge in [0, 0.05) is 44.8 Å². The average Bonchev–Trinajstić information content (AvgIpc) is 2.98. The van der Waals surface area contributed by atoms with E-state index in [1.807, 2.05) is 17.2 Å². The Balaban J connectivity index is 1.61. The molecule has 4 rings (SSSR count). The molecule has 0 aliphatic carbocycles. The first-order valence-electron chi connectivity index (χ1n) is 7.53. The second kappa shape index (κ2) is 5.81. The van der Waals surface area contributed by atoms with Gasteiger partial charge in [-0.2, -0.15) is 0 Å². The molecule has 8 heteroatoms. The number of aromatic nitrogens is 5. The fourth-order valence-electron chi connectivity index (χ4n) is 2.96. The van der Waals surface area contributed by atoms with Crippen LogP contribution in [0.5, 0.6) is 0 Å². The van der Waals surface area contributed by atoms with Crippen LogP contribution in [0.4, 0.5) is 11.6 Å². The molecule has 1 aliphatic heterocycles. The van der Waals surface area contributed by atoms with E-state index in [4.69, 9.17) is 0 Å². The third kappa shape index (κ3) is 2.68. The minimum Gasteiger partial charge on any atom is -0.389 e. The second-order valence-electron chi connectivity index (χ2n) is 5.55. The van der Waals surface area contributed by atoms with Crippen molar-refractivity contribution in [2.45, 2.75) is 6.10 Å². The van der Waals surface area contributed by atoms with Gasteiger partial charge in [-0.05, 0) is 6.07 Å². The number of hydrogen-bond acceptors (Lipinski definition) is 7. The van der Waals surface area contributed by atoms with Crippen molar-refractivity contribution in [3.63, 3.8) is 0 Å². The molecule has 118 valence electrons. The van der Waals surface area contributed by atoms with E-state index in [0.717, 1.165) is 35.8 Å². The maximum Gasteiger partial charge on any atom is 0.147 e. The zero-order chi connectivity index (χ0) is 15.6. The third-order valence-electron chi connectivity index (χ3n) is 4.01. The lowest BCUT2D eigenvalue weighted by Gasteiger charge is -2.23. The van der Waals surface area contributed by atoms with Crippen molar-refractivity contribution < 1.29 is 5.11 Å². The number of nitrogens with zero attached hydrogens (tertiary/aromatic N) is 6. The molecule has 1 aliphatic rings. The first-order valence-corrected chi connectivity index (χ1v) is 7.53. The van der Waals surface area contributed by atoms with Gasteiger partial charge in [0.2, 0.25) is 0 Å². The molecule has 1 saturated heterocycles. The van der Waals surface area contributed by atoms with Crippen molar-refractivity contribution in [3.05, 3.63) is 37.2 Å². The summed E-state index contributed by atoms with van der Waals surface area (Å²) in [6.45, 7) is 2.53. The van der Waals surface area contributed by atoms with E-state index in [1.165, 1.54) is 0 Å². The summed E-state index contributed by atoms with van der Waals surface area (Å²) in [7, 11) is 0. The molecule has 0 aromatic carbocycles. The molecule has 3 aromatic heterocycles. The van der Waals surface area contributed by atoms with E-state index in [1.54, 1.807) is 24.9 Å². The summed E-state index contributed by atoms with van der Waals surface area (Å²) in [6.07, 6.45) is 7.93. The Morgan fingerprint density at radius 3 is 2.83 bits per heavy atom. The highest BCUT2D eigenvalue weighted by atomic mass is 16.3. The van der Waals surface area contributed by atoms with E-state index in [-0.39, 0.29) is 0 Å². The molecule has 3 aromatic rings. The normalized spacial score (nSPS) is 19.1. The Bertz CT molecular complexity index is 791. The monoisotopic (exact) mass is 311 g/mol. The number of aliphatic hydroxyl groups excluding tert-OH is 1. The van der Waals surface area contributed by atoms with Gasteiger partial charge in [-0.1, -0.05) is 0 Å². The van der Waals surface area contributed by atoms with Crippen LogP contribution >= 0.6 is 0 Å². The van der Waals surface area contributed by atoms with E-state index >= 15 is 0 Å². The minimum atomic E-state index is -0.497. The Labute approximate surface area is 132 Å². The van der Waals surface area contributed by atoms with Crippen LogP contribution in [-0.4, -0.2) is 62.3 Å². The number of anilines is 2. The molecule has 0 spiro atoms. The SMILES string of the molecule is O[C@H]1CN(c2cnccn2)CCN(c2ncnc3[nH]ccc23)C1. The van der Waals surface area contributed by atoms with Crippen LogP contribution in [0.1, 0.15) is 0 Å². The van der Waals surface area contributed by atoms with Crippen LogP contribution in [0.25, 0.3) is 11.0 Å². The van der Waals surface area contributed by atoms with Crippen molar-refractivity contribution in [3.8, 4) is 0 Å². The van der Waals surface area contributed by atoms with Gasteiger partial charge in [0.05, 0.1) is 17.7 Å². The second-order valence-corrected chi connectivity index (χ2v) is 5.55. The maximum absolute atomic E-state index is 10.4. The van der Waals surface area contributed by atoms with Crippen LogP contribution in [-0.2, 0) is 0 Å². The Morgan fingerprint density at radius 2 is 1.96 bits per heavy atom. The number of fused-ring (bicyclic) bond motifs is 1. The Morgan fingerprint density at radius 1 is 1.09 bits per heavy atom. The predicted octanol–water partition coefficient (Wildman–Crippen LogP) is 0.435. The van der Waals surface area contributed by atoms with Crippen LogP contribution in [0.2, 0.25) is 0 Å². The average molecular weight is 311 g/mol. The molecule has 0 bridgehead atoms. The Hall–Kier alpha value is -2.74. The Kier molecular flexibility index (Phi) is 3.51. The lowest BCUT2D eigenvalue weighted by Crippen LogP contribution is -2.34. The van der Waals surface area contributed by atoms with Gasteiger partial charge < -0.3 is 19.9 Å². The van der Waals surface area contributed by atoms with E-state index in [2.05, 4.69) is 29.8 Å². The first kappa shape index (κ1) is 13.9. The van der Waals surface area contributed by atoms with Gasteiger partial charge in [-0.15, -0.1) is 0 Å². The van der Waals surface area contributed by atoms with E-state index < -0.39 is 6.10 Å². The molecule has 2 N–H and O–H groups in total. The molecule has 1 fully saturated rings. The van der Waals surface area contributed by atoms with Crippen LogP contribution in [0, 0.1) is 0 Å². The number of H-pyrrole nitrogens is 1. The smallest absolute Gasteiger partial charge is 0.147 e. The van der Waals surface area contributed by atoms with E-state index in [0.29, 0.717) is 13.1 Å². The molecule has 4 heterocycles. The topological polar surface area (TPSA) is 94.1 Å². The lowest BCUT2D eigenvalue weighted by atomic mass is 10.3. The summed E-state index contributed by atoms with van der Waals surface area (Å²) in [5.41, 5.74) is 0.805. The lowest BCUT2D eigenvalue weighted by molar-refractivity contribution is 0.190. The highest BCUT2D eigenvalue weighted by Crippen LogP contribution is 2.23. The van der Waals surface area contributed by atoms with Crippen molar-refractivity contribution in [2.75, 3.05) is 36.0 Å². The summed E-state index contributed by atoms with van der Waals surface area (Å²) >= 11 is 0. The number of rotatable bonds is 2. The van der Waals surface area contributed by atoms with Gasteiger partial charge in [0.15, 0.2) is 0 Å². The van der Waals surface area contributed by atoms with Gasteiger partial charge in [0.1, 0.15) is 23.6 Å². The van der Waals surface area contributed by atoms with Crippen molar-refractivity contribution >= 4 is 22.7 Å². The van der Waals surface area contributed by atoms with E-state index in [9.17, 15) is 5.11 Å². The van der Waals surface area contributed by atoms with Crippen molar-refractivity contribution in [1.82, 2.24) is 24.9 Å². The number of hydrogen-bond donors (Lipinski definition) is 2. The van der Waals surface area contributed by atoms with Crippen LogP contribution in [0.3, 0.4) is 0 Å². The van der Waals surface area contributed by atoms with Gasteiger partial charge in [0.25, 0.3) is 0 Å². The predicted molar refractivity (Wildman–Crippen MR) is 86.4 cm³/mol. The minimum absolute atomic E-state index is 0.497. The molecule has 0 saturated carbocycles. The fourth-order valence-corrected chi connectivity index (χ4v) is 2.96. The molecule has 0 amide bonds. The summed E-state index contributed by atoms with van der Waals surface area (Å²) in [6, 6.07) is 1.96. The highest BCUT2D eigenvalue weighted by molar-refractivity contribution is 5.87. The molecule has 23 heavy (non-hydrogen) atoms. The van der Waals surface area contributed by atoms with Crippen LogP contribution in [0.15, 0.2) is 37.2 Å². The number of nitrogens with one attached hydrogen (secondary N) is 1. The third-order valence-corrected chi connectivity index (χ3v) is 4.01. The number of aromatic amines is 1. The zero-order valence-electron chi connectivity index (χ0n) is 12.5.